The molecule has 6 heteroatoms. The molecular weight excluding hydrogens is 949 g/mol. The lowest BCUT2D eigenvalue weighted by atomic mass is 10.0. The summed E-state index contributed by atoms with van der Waals surface area (Å²) in [4.78, 5) is 38.4. The van der Waals surface area contributed by atoms with Crippen molar-refractivity contribution in [2.24, 2.45) is 0 Å². The van der Waals surface area contributed by atoms with Gasteiger partial charge in [-0.3, -0.25) is 14.4 Å². The van der Waals surface area contributed by atoms with Crippen LogP contribution >= 0.6 is 0 Å². The largest absolute Gasteiger partial charge is 0.462 e. The molecule has 0 saturated heterocycles. The molecule has 0 aromatic heterocycles. The molecular formula is C71H132O6. The molecule has 0 fully saturated rings. The van der Waals surface area contributed by atoms with Crippen LogP contribution in [0.2, 0.25) is 0 Å². The summed E-state index contributed by atoms with van der Waals surface area (Å²) in [6.07, 6.45) is 81.6. The highest BCUT2D eigenvalue weighted by Crippen LogP contribution is 2.18. The van der Waals surface area contributed by atoms with Crippen molar-refractivity contribution in [3.63, 3.8) is 0 Å². The predicted molar refractivity (Wildman–Crippen MR) is 335 cm³/mol. The average Bonchev–Trinajstić information content (AvgIpc) is 3.43. The first-order valence-corrected chi connectivity index (χ1v) is 34.5. The van der Waals surface area contributed by atoms with E-state index in [1.54, 1.807) is 0 Å². The summed E-state index contributed by atoms with van der Waals surface area (Å²) in [5.74, 6) is -0.846. The van der Waals surface area contributed by atoms with Gasteiger partial charge in [-0.2, -0.15) is 0 Å². The zero-order chi connectivity index (χ0) is 55.7. The standard InChI is InChI=1S/C71H132O6/c1-4-7-10-13-16-19-22-25-28-30-32-34-35-37-38-40-43-46-49-52-55-58-61-64-70(73)76-67-68(66-75-69(72)63-60-57-54-51-48-45-42-27-24-21-18-15-12-9-6-3)77-71(74)65-62-59-56-53-50-47-44-41-39-36-33-31-29-26-23-20-17-14-11-8-5-2/h22,25,30,32,35,37,68H,4-21,23-24,26-29,31,33-34,36,38-67H2,1-3H3/b25-22-,32-30-,37-35-. The second kappa shape index (κ2) is 66.1. The van der Waals surface area contributed by atoms with Crippen LogP contribution in [0.25, 0.3) is 0 Å². The number of hydrogen-bond donors (Lipinski definition) is 0. The van der Waals surface area contributed by atoms with Gasteiger partial charge in [0.1, 0.15) is 13.2 Å². The Bertz CT molecular complexity index is 1290. The summed E-state index contributed by atoms with van der Waals surface area (Å²) in [5, 5.41) is 0. The number of hydrogen-bond acceptors (Lipinski definition) is 6. The molecule has 0 heterocycles. The van der Waals surface area contributed by atoms with E-state index < -0.39 is 6.10 Å². The maximum atomic E-state index is 12.9. The van der Waals surface area contributed by atoms with Crippen LogP contribution in [0.15, 0.2) is 36.5 Å². The van der Waals surface area contributed by atoms with Gasteiger partial charge in [-0.25, -0.2) is 0 Å². The molecule has 77 heavy (non-hydrogen) atoms. The third kappa shape index (κ3) is 64.3. The van der Waals surface area contributed by atoms with E-state index in [-0.39, 0.29) is 31.1 Å². The molecule has 1 unspecified atom stereocenters. The maximum absolute atomic E-state index is 12.9. The molecule has 1 atom stereocenters. The van der Waals surface area contributed by atoms with Gasteiger partial charge in [-0.15, -0.1) is 0 Å². The molecule has 6 nitrogen and oxygen atoms in total. The van der Waals surface area contributed by atoms with Crippen LogP contribution in [0.3, 0.4) is 0 Å². The Labute approximate surface area is 480 Å². The van der Waals surface area contributed by atoms with Gasteiger partial charge < -0.3 is 14.2 Å². The van der Waals surface area contributed by atoms with Crippen LogP contribution in [0, 0.1) is 0 Å². The zero-order valence-corrected chi connectivity index (χ0v) is 52.0. The zero-order valence-electron chi connectivity index (χ0n) is 52.0. The first kappa shape index (κ1) is 74.6. The molecule has 0 rings (SSSR count). The Morgan fingerprint density at radius 3 is 0.727 bits per heavy atom. The van der Waals surface area contributed by atoms with Crippen LogP contribution in [0.1, 0.15) is 380 Å². The summed E-state index contributed by atoms with van der Waals surface area (Å²) in [6.45, 7) is 6.70. The minimum atomic E-state index is -0.772. The fourth-order valence-corrected chi connectivity index (χ4v) is 10.5. The highest BCUT2D eigenvalue weighted by molar-refractivity contribution is 5.71. The van der Waals surface area contributed by atoms with Crippen molar-refractivity contribution < 1.29 is 28.6 Å². The fourth-order valence-electron chi connectivity index (χ4n) is 10.5. The molecule has 0 aliphatic carbocycles. The fraction of sp³-hybridized carbons (Fsp3) is 0.873. The minimum absolute atomic E-state index is 0.0685. The van der Waals surface area contributed by atoms with E-state index in [0.717, 1.165) is 77.0 Å². The van der Waals surface area contributed by atoms with Gasteiger partial charge >= 0.3 is 17.9 Å². The molecule has 0 bridgehead atoms. The number of ether oxygens (including phenoxy) is 3. The lowest BCUT2D eigenvalue weighted by Crippen LogP contribution is -2.30. The van der Waals surface area contributed by atoms with Crippen molar-refractivity contribution in [3.8, 4) is 0 Å². The molecule has 0 saturated carbocycles. The Kier molecular flexibility index (Phi) is 64.1. The SMILES string of the molecule is CCCCCCC/C=C\C/C=C\C/C=C\CCCCCCCCCCC(=O)OCC(COC(=O)CCCCCCCCCCCCCCCCC)OC(=O)CCCCCCCCCCCCCCCCCCCCCCC. The molecule has 0 aromatic rings. The second-order valence-corrected chi connectivity index (χ2v) is 23.5. The molecule has 0 N–H and O–H groups in total. The van der Waals surface area contributed by atoms with Gasteiger partial charge in [-0.05, 0) is 57.8 Å². The van der Waals surface area contributed by atoms with E-state index in [4.69, 9.17) is 14.2 Å². The van der Waals surface area contributed by atoms with E-state index in [1.165, 1.54) is 263 Å². The monoisotopic (exact) mass is 1080 g/mol. The molecule has 0 aromatic carbocycles. The average molecular weight is 1080 g/mol. The van der Waals surface area contributed by atoms with Crippen molar-refractivity contribution in [1.29, 1.82) is 0 Å². The summed E-state index contributed by atoms with van der Waals surface area (Å²) in [7, 11) is 0. The highest BCUT2D eigenvalue weighted by Gasteiger charge is 2.19. The summed E-state index contributed by atoms with van der Waals surface area (Å²) in [6, 6.07) is 0. The van der Waals surface area contributed by atoms with Crippen LogP contribution in [-0.4, -0.2) is 37.2 Å². The number of allylic oxidation sites excluding steroid dienone is 6. The lowest BCUT2D eigenvalue weighted by molar-refractivity contribution is -0.167. The lowest BCUT2D eigenvalue weighted by Gasteiger charge is -2.18. The number of esters is 3. The number of carbonyl (C=O) groups is 3. The van der Waals surface area contributed by atoms with Gasteiger partial charge in [0.25, 0.3) is 0 Å². The molecule has 0 aliphatic heterocycles. The van der Waals surface area contributed by atoms with E-state index in [2.05, 4.69) is 57.2 Å². The third-order valence-electron chi connectivity index (χ3n) is 15.6. The number of unbranched alkanes of at least 4 members (excludes halogenated alkanes) is 47. The van der Waals surface area contributed by atoms with Gasteiger partial charge in [0.15, 0.2) is 6.10 Å². The third-order valence-corrected chi connectivity index (χ3v) is 15.6. The predicted octanol–water partition coefficient (Wildman–Crippen LogP) is 23.6. The molecule has 452 valence electrons. The Morgan fingerprint density at radius 2 is 0.468 bits per heavy atom. The van der Waals surface area contributed by atoms with E-state index in [0.29, 0.717) is 19.3 Å². The Hall–Kier alpha value is -2.37. The summed E-state index contributed by atoms with van der Waals surface area (Å²) in [5.41, 5.74) is 0. The van der Waals surface area contributed by atoms with E-state index in [9.17, 15) is 14.4 Å². The van der Waals surface area contributed by atoms with Crippen LogP contribution in [0.4, 0.5) is 0 Å². The van der Waals surface area contributed by atoms with Crippen LogP contribution in [-0.2, 0) is 28.6 Å². The van der Waals surface area contributed by atoms with Gasteiger partial charge in [0.05, 0.1) is 0 Å². The molecule has 0 aliphatic rings. The number of carbonyl (C=O) groups excluding carboxylic acids is 3. The molecule has 0 spiro atoms. The second-order valence-electron chi connectivity index (χ2n) is 23.5. The van der Waals surface area contributed by atoms with E-state index in [1.807, 2.05) is 0 Å². The first-order valence-electron chi connectivity index (χ1n) is 34.5. The Balaban J connectivity index is 4.30. The van der Waals surface area contributed by atoms with Gasteiger partial charge in [-0.1, -0.05) is 340 Å². The van der Waals surface area contributed by atoms with Crippen LogP contribution < -0.4 is 0 Å². The smallest absolute Gasteiger partial charge is 0.306 e. The van der Waals surface area contributed by atoms with Crippen molar-refractivity contribution in [3.05, 3.63) is 36.5 Å². The number of rotatable bonds is 64. The quantitative estimate of drug-likeness (QED) is 0.0261. The summed E-state index contributed by atoms with van der Waals surface area (Å²) >= 11 is 0. The highest BCUT2D eigenvalue weighted by atomic mass is 16.6. The van der Waals surface area contributed by atoms with E-state index >= 15 is 0 Å². The maximum Gasteiger partial charge on any atom is 0.306 e. The Morgan fingerprint density at radius 1 is 0.260 bits per heavy atom. The molecule has 0 radical (unpaired) electrons. The topological polar surface area (TPSA) is 78.9 Å². The minimum Gasteiger partial charge on any atom is -0.462 e. The van der Waals surface area contributed by atoms with Crippen molar-refractivity contribution >= 4 is 17.9 Å². The van der Waals surface area contributed by atoms with Crippen molar-refractivity contribution in [2.45, 2.75) is 386 Å². The van der Waals surface area contributed by atoms with Gasteiger partial charge in [0, 0.05) is 19.3 Å². The molecule has 0 amide bonds. The van der Waals surface area contributed by atoms with Crippen molar-refractivity contribution in [1.82, 2.24) is 0 Å². The normalized spacial score (nSPS) is 12.2. The first-order chi connectivity index (χ1) is 38.0. The van der Waals surface area contributed by atoms with Gasteiger partial charge in [0.2, 0.25) is 0 Å². The van der Waals surface area contributed by atoms with Crippen molar-refractivity contribution in [2.75, 3.05) is 13.2 Å². The summed E-state index contributed by atoms with van der Waals surface area (Å²) < 4.78 is 17.0. The van der Waals surface area contributed by atoms with Crippen LogP contribution in [0.5, 0.6) is 0 Å².